The minimum absolute atomic E-state index is 0.0780. The van der Waals surface area contributed by atoms with E-state index in [1.54, 1.807) is 0 Å². The van der Waals surface area contributed by atoms with Crippen molar-refractivity contribution in [2.45, 2.75) is 70.1 Å². The molecule has 1 aromatic heterocycles. The maximum atomic E-state index is 12.3. The molecular formula is C15H22N2O2. The van der Waals surface area contributed by atoms with Gasteiger partial charge in [-0.15, -0.1) is 10.2 Å². The molecule has 0 aliphatic heterocycles. The second-order valence-corrected chi connectivity index (χ2v) is 5.98. The molecule has 0 N–H and O–H groups in total. The Morgan fingerprint density at radius 1 is 0.895 bits per heavy atom. The van der Waals surface area contributed by atoms with Crippen LogP contribution in [-0.4, -0.2) is 16.0 Å². The third kappa shape index (κ3) is 2.88. The number of aromatic nitrogens is 2. The minimum atomic E-state index is 0.0780. The molecule has 0 unspecified atom stereocenters. The summed E-state index contributed by atoms with van der Waals surface area (Å²) < 4.78 is 5.67. The zero-order chi connectivity index (χ0) is 13.1. The van der Waals surface area contributed by atoms with E-state index in [9.17, 15) is 4.79 Å². The number of rotatable bonds is 3. The van der Waals surface area contributed by atoms with Gasteiger partial charge in [0.15, 0.2) is 0 Å². The molecule has 2 saturated carbocycles. The molecule has 2 aliphatic carbocycles. The highest BCUT2D eigenvalue weighted by Gasteiger charge is 2.28. The van der Waals surface area contributed by atoms with Crippen LogP contribution in [-0.2, 0) is 0 Å². The first kappa shape index (κ1) is 12.8. The lowest BCUT2D eigenvalue weighted by atomic mass is 9.86. The van der Waals surface area contributed by atoms with E-state index in [2.05, 4.69) is 10.2 Å². The molecule has 104 valence electrons. The first-order chi connectivity index (χ1) is 9.34. The van der Waals surface area contributed by atoms with Crippen LogP contribution < -0.4 is 0 Å². The van der Waals surface area contributed by atoms with Gasteiger partial charge in [-0.3, -0.25) is 4.79 Å². The summed E-state index contributed by atoms with van der Waals surface area (Å²) in [5, 5.41) is 8.12. The highest BCUT2D eigenvalue weighted by atomic mass is 16.4. The molecule has 2 aliphatic rings. The Hall–Kier alpha value is -1.19. The molecule has 0 amide bonds. The molecule has 0 radical (unpaired) electrons. The SMILES string of the molecule is O=C(c1nnc(C2CCCCC2)o1)C1CCCCC1. The van der Waals surface area contributed by atoms with Crippen LogP contribution in [0.2, 0.25) is 0 Å². The van der Waals surface area contributed by atoms with E-state index >= 15 is 0 Å². The minimum Gasteiger partial charge on any atom is -0.418 e. The predicted molar refractivity (Wildman–Crippen MR) is 71.0 cm³/mol. The lowest BCUT2D eigenvalue weighted by Crippen LogP contribution is -2.18. The predicted octanol–water partition coefficient (Wildman–Crippen LogP) is 3.88. The van der Waals surface area contributed by atoms with Crippen LogP contribution in [0.3, 0.4) is 0 Å². The van der Waals surface area contributed by atoms with Gasteiger partial charge in [0.25, 0.3) is 5.89 Å². The second kappa shape index (κ2) is 5.85. The van der Waals surface area contributed by atoms with Crippen molar-refractivity contribution in [3.8, 4) is 0 Å². The number of hydrogen-bond acceptors (Lipinski definition) is 4. The summed E-state index contributed by atoms with van der Waals surface area (Å²) in [5.41, 5.74) is 0. The van der Waals surface area contributed by atoms with E-state index in [4.69, 9.17) is 4.42 Å². The number of carbonyl (C=O) groups is 1. The van der Waals surface area contributed by atoms with Gasteiger partial charge < -0.3 is 4.42 Å². The van der Waals surface area contributed by atoms with Crippen molar-refractivity contribution >= 4 is 5.78 Å². The molecule has 4 heteroatoms. The van der Waals surface area contributed by atoms with Crippen LogP contribution in [0.5, 0.6) is 0 Å². The fourth-order valence-corrected chi connectivity index (χ4v) is 3.39. The van der Waals surface area contributed by atoms with E-state index < -0.39 is 0 Å². The smallest absolute Gasteiger partial charge is 0.284 e. The molecule has 4 nitrogen and oxygen atoms in total. The average molecular weight is 262 g/mol. The number of nitrogens with zero attached hydrogens (tertiary/aromatic N) is 2. The summed E-state index contributed by atoms with van der Waals surface area (Å²) in [5.74, 6) is 1.53. The molecule has 3 rings (SSSR count). The standard InChI is InChI=1S/C15H22N2O2/c18-13(11-7-3-1-4-8-11)15-17-16-14(19-15)12-9-5-2-6-10-12/h11-12H,1-10H2. The van der Waals surface area contributed by atoms with Gasteiger partial charge in [0.05, 0.1) is 0 Å². The second-order valence-electron chi connectivity index (χ2n) is 5.98. The Morgan fingerprint density at radius 2 is 1.53 bits per heavy atom. The maximum Gasteiger partial charge on any atom is 0.284 e. The van der Waals surface area contributed by atoms with Gasteiger partial charge in [-0.25, -0.2) is 0 Å². The van der Waals surface area contributed by atoms with E-state index in [-0.39, 0.29) is 17.6 Å². The van der Waals surface area contributed by atoms with Crippen LogP contribution >= 0.6 is 0 Å². The fourth-order valence-electron chi connectivity index (χ4n) is 3.39. The third-order valence-corrected chi connectivity index (χ3v) is 4.58. The van der Waals surface area contributed by atoms with E-state index in [1.807, 2.05) is 0 Å². The normalized spacial score (nSPS) is 22.5. The monoisotopic (exact) mass is 262 g/mol. The Kier molecular flexibility index (Phi) is 3.95. The topological polar surface area (TPSA) is 56.0 Å². The largest absolute Gasteiger partial charge is 0.418 e. The number of carbonyl (C=O) groups excluding carboxylic acids is 1. The van der Waals surface area contributed by atoms with Gasteiger partial charge >= 0.3 is 0 Å². The number of ketones is 1. The summed E-state index contributed by atoms with van der Waals surface area (Å²) in [6.07, 6.45) is 11.6. The lowest BCUT2D eigenvalue weighted by Gasteiger charge is -2.18. The van der Waals surface area contributed by atoms with Crippen LogP contribution in [0.4, 0.5) is 0 Å². The van der Waals surface area contributed by atoms with Crippen molar-refractivity contribution in [2.75, 3.05) is 0 Å². The van der Waals surface area contributed by atoms with Crippen LogP contribution in [0, 0.1) is 5.92 Å². The molecule has 0 atom stereocenters. The van der Waals surface area contributed by atoms with Crippen molar-refractivity contribution < 1.29 is 9.21 Å². The van der Waals surface area contributed by atoms with Crippen molar-refractivity contribution in [1.29, 1.82) is 0 Å². The van der Waals surface area contributed by atoms with Crippen molar-refractivity contribution in [3.63, 3.8) is 0 Å². The maximum absolute atomic E-state index is 12.3. The third-order valence-electron chi connectivity index (χ3n) is 4.58. The Bertz CT molecular complexity index is 429. The molecule has 2 fully saturated rings. The quantitative estimate of drug-likeness (QED) is 0.776. The Labute approximate surface area is 114 Å². The van der Waals surface area contributed by atoms with Crippen molar-refractivity contribution in [3.05, 3.63) is 11.8 Å². The summed E-state index contributed by atoms with van der Waals surface area (Å²) in [6.45, 7) is 0. The van der Waals surface area contributed by atoms with E-state index in [0.29, 0.717) is 11.8 Å². The average Bonchev–Trinajstić information content (AvgIpc) is 2.98. The van der Waals surface area contributed by atoms with Gasteiger partial charge in [0.1, 0.15) is 0 Å². The van der Waals surface area contributed by atoms with Crippen molar-refractivity contribution in [2.24, 2.45) is 5.92 Å². The molecular weight excluding hydrogens is 240 g/mol. The molecule has 0 bridgehead atoms. The summed E-state index contributed by atoms with van der Waals surface area (Å²) >= 11 is 0. The van der Waals surface area contributed by atoms with Gasteiger partial charge in [-0.05, 0) is 25.7 Å². The number of hydrogen-bond donors (Lipinski definition) is 0. The van der Waals surface area contributed by atoms with Gasteiger partial charge in [-0.1, -0.05) is 38.5 Å². The Balaban J connectivity index is 1.67. The first-order valence-corrected chi connectivity index (χ1v) is 7.72. The van der Waals surface area contributed by atoms with Crippen LogP contribution in [0.1, 0.15) is 86.7 Å². The van der Waals surface area contributed by atoms with Gasteiger partial charge in [0.2, 0.25) is 11.7 Å². The molecule has 19 heavy (non-hydrogen) atoms. The zero-order valence-corrected chi connectivity index (χ0v) is 11.4. The van der Waals surface area contributed by atoms with Crippen LogP contribution in [0.15, 0.2) is 4.42 Å². The van der Waals surface area contributed by atoms with Crippen molar-refractivity contribution in [1.82, 2.24) is 10.2 Å². The summed E-state index contributed by atoms with van der Waals surface area (Å²) in [6, 6.07) is 0. The molecule has 0 aromatic carbocycles. The highest BCUT2D eigenvalue weighted by Crippen LogP contribution is 2.32. The van der Waals surface area contributed by atoms with E-state index in [0.717, 1.165) is 38.5 Å². The van der Waals surface area contributed by atoms with E-state index in [1.165, 1.54) is 25.7 Å². The summed E-state index contributed by atoms with van der Waals surface area (Å²) in [7, 11) is 0. The highest BCUT2D eigenvalue weighted by molar-refractivity contribution is 5.93. The van der Waals surface area contributed by atoms with Crippen LogP contribution in [0.25, 0.3) is 0 Å². The zero-order valence-electron chi connectivity index (χ0n) is 11.4. The molecule has 1 aromatic rings. The lowest BCUT2D eigenvalue weighted by molar-refractivity contribution is 0.0850. The molecule has 0 saturated heterocycles. The van der Waals surface area contributed by atoms with Gasteiger partial charge in [0, 0.05) is 11.8 Å². The Morgan fingerprint density at radius 3 is 2.21 bits per heavy atom. The first-order valence-electron chi connectivity index (χ1n) is 7.72. The molecule has 0 spiro atoms. The van der Waals surface area contributed by atoms with Gasteiger partial charge in [-0.2, -0.15) is 0 Å². The number of Topliss-reactive ketones (excluding diaryl/α,β-unsaturated/α-hetero) is 1. The molecule has 1 heterocycles. The summed E-state index contributed by atoms with van der Waals surface area (Å²) in [4.78, 5) is 12.3. The fraction of sp³-hybridized carbons (Fsp3) is 0.800.